The van der Waals surface area contributed by atoms with E-state index in [0.717, 1.165) is 49.9 Å². The second kappa shape index (κ2) is 8.22. The van der Waals surface area contributed by atoms with Crippen LogP contribution in [-0.4, -0.2) is 35.1 Å². The molecule has 0 fully saturated rings. The van der Waals surface area contributed by atoms with Gasteiger partial charge in [0.2, 0.25) is 0 Å². The van der Waals surface area contributed by atoms with Crippen LogP contribution >= 0.6 is 0 Å². The van der Waals surface area contributed by atoms with Crippen molar-refractivity contribution in [1.29, 1.82) is 0 Å². The Bertz CT molecular complexity index is 642. The molecule has 0 aliphatic rings. The highest BCUT2D eigenvalue weighted by Gasteiger charge is 2.05. The van der Waals surface area contributed by atoms with Crippen LogP contribution in [0, 0.1) is 6.92 Å². The molecule has 118 valence electrons. The highest BCUT2D eigenvalue weighted by Crippen LogP contribution is 2.15. The maximum absolute atomic E-state index is 4.59. The lowest BCUT2D eigenvalue weighted by Crippen LogP contribution is -2.37. The first-order chi connectivity index (χ1) is 10.8. The summed E-state index contributed by atoms with van der Waals surface area (Å²) in [6, 6.07) is 8.26. The first-order valence-corrected chi connectivity index (χ1v) is 7.81. The minimum absolute atomic E-state index is 0.719. The predicted octanol–water partition coefficient (Wildman–Crippen LogP) is 2.48. The summed E-state index contributed by atoms with van der Waals surface area (Å²) in [4.78, 5) is 9.16. The van der Waals surface area contributed by atoms with E-state index in [1.165, 1.54) is 5.52 Å². The summed E-state index contributed by atoms with van der Waals surface area (Å²) in [6.45, 7) is 11.1. The van der Waals surface area contributed by atoms with E-state index in [0.29, 0.717) is 0 Å². The highest BCUT2D eigenvalue weighted by atomic mass is 15.2. The average Bonchev–Trinajstić information content (AvgIpc) is 2.84. The third-order valence-electron chi connectivity index (χ3n) is 3.41. The molecule has 0 bridgehead atoms. The number of hydrogen-bond acceptors (Lipinski definition) is 2. The van der Waals surface area contributed by atoms with Crippen molar-refractivity contribution in [3.05, 3.63) is 42.7 Å². The van der Waals surface area contributed by atoms with Crippen LogP contribution in [0.5, 0.6) is 0 Å². The van der Waals surface area contributed by atoms with Crippen LogP contribution in [0.3, 0.4) is 0 Å². The quantitative estimate of drug-likeness (QED) is 0.357. The van der Waals surface area contributed by atoms with E-state index in [1.807, 2.05) is 12.1 Å². The van der Waals surface area contributed by atoms with Gasteiger partial charge in [0.25, 0.3) is 0 Å². The normalized spacial score (nSPS) is 11.6. The number of aromatic nitrogens is 2. The van der Waals surface area contributed by atoms with Crippen LogP contribution in [0.4, 0.5) is 0 Å². The Morgan fingerprint density at radius 2 is 2.18 bits per heavy atom. The minimum Gasteiger partial charge on any atom is -0.357 e. The molecule has 0 amide bonds. The predicted molar refractivity (Wildman–Crippen MR) is 93.3 cm³/mol. The molecular weight excluding hydrogens is 274 g/mol. The van der Waals surface area contributed by atoms with Gasteiger partial charge in [0.05, 0.1) is 11.0 Å². The Morgan fingerprint density at radius 3 is 2.95 bits per heavy atom. The van der Waals surface area contributed by atoms with Gasteiger partial charge in [0.1, 0.15) is 5.82 Å². The van der Waals surface area contributed by atoms with Crippen molar-refractivity contribution in [3.63, 3.8) is 0 Å². The Balaban J connectivity index is 1.94. The highest BCUT2D eigenvalue weighted by molar-refractivity contribution is 5.79. The Hall–Kier alpha value is -2.30. The fourth-order valence-electron chi connectivity index (χ4n) is 2.41. The Labute approximate surface area is 132 Å². The third kappa shape index (κ3) is 4.10. The van der Waals surface area contributed by atoms with Gasteiger partial charge < -0.3 is 15.2 Å². The molecule has 0 aliphatic heterocycles. The van der Waals surface area contributed by atoms with Gasteiger partial charge in [-0.3, -0.25) is 4.99 Å². The zero-order valence-corrected chi connectivity index (χ0v) is 13.5. The molecule has 0 saturated carbocycles. The maximum Gasteiger partial charge on any atom is 0.191 e. The number of para-hydroxylation sites is 2. The average molecular weight is 299 g/mol. The van der Waals surface area contributed by atoms with Gasteiger partial charge >= 0.3 is 0 Å². The van der Waals surface area contributed by atoms with Crippen molar-refractivity contribution >= 4 is 17.0 Å². The van der Waals surface area contributed by atoms with E-state index in [2.05, 4.69) is 63.8 Å². The van der Waals surface area contributed by atoms with Crippen molar-refractivity contribution in [2.45, 2.75) is 26.8 Å². The van der Waals surface area contributed by atoms with Crippen molar-refractivity contribution in [2.75, 3.05) is 19.6 Å². The van der Waals surface area contributed by atoms with E-state index in [1.54, 1.807) is 0 Å². The van der Waals surface area contributed by atoms with Gasteiger partial charge in [-0.25, -0.2) is 4.98 Å². The second-order valence-corrected chi connectivity index (χ2v) is 5.08. The summed E-state index contributed by atoms with van der Waals surface area (Å²) in [6.07, 6.45) is 2.81. The molecule has 22 heavy (non-hydrogen) atoms. The van der Waals surface area contributed by atoms with Crippen LogP contribution in [0.2, 0.25) is 0 Å². The van der Waals surface area contributed by atoms with Crippen molar-refractivity contribution in [3.8, 4) is 0 Å². The van der Waals surface area contributed by atoms with E-state index in [9.17, 15) is 0 Å². The minimum atomic E-state index is 0.719. The number of hydrogen-bond donors (Lipinski definition) is 2. The molecule has 2 N–H and O–H groups in total. The van der Waals surface area contributed by atoms with Gasteiger partial charge in [0, 0.05) is 26.2 Å². The molecule has 0 unspecified atom stereocenters. The monoisotopic (exact) mass is 299 g/mol. The van der Waals surface area contributed by atoms with Crippen molar-refractivity contribution < 1.29 is 0 Å². The van der Waals surface area contributed by atoms with Crippen LogP contribution in [0.25, 0.3) is 11.0 Å². The first-order valence-electron chi connectivity index (χ1n) is 7.81. The van der Waals surface area contributed by atoms with E-state index >= 15 is 0 Å². The SMILES string of the molecule is C=CCNC(=NCCCn1c(C)nc2ccccc21)NCC. The third-order valence-corrected chi connectivity index (χ3v) is 3.41. The summed E-state index contributed by atoms with van der Waals surface area (Å²) in [5.74, 6) is 1.90. The lowest BCUT2D eigenvalue weighted by atomic mass is 10.3. The summed E-state index contributed by atoms with van der Waals surface area (Å²) in [7, 11) is 0. The number of nitrogens with zero attached hydrogens (tertiary/aromatic N) is 3. The summed E-state index contributed by atoms with van der Waals surface area (Å²) in [5, 5.41) is 6.43. The molecule has 5 nitrogen and oxygen atoms in total. The number of imidazole rings is 1. The van der Waals surface area contributed by atoms with E-state index in [4.69, 9.17) is 0 Å². The molecule has 0 atom stereocenters. The fraction of sp³-hybridized carbons (Fsp3) is 0.412. The second-order valence-electron chi connectivity index (χ2n) is 5.08. The van der Waals surface area contributed by atoms with Gasteiger partial charge in [-0.1, -0.05) is 18.2 Å². The molecule has 2 rings (SSSR count). The fourth-order valence-corrected chi connectivity index (χ4v) is 2.41. The number of guanidine groups is 1. The molecule has 0 aliphatic carbocycles. The standard InChI is InChI=1S/C17H25N5/c1-4-11-19-17(18-5-2)20-12-8-13-22-14(3)21-15-9-6-7-10-16(15)22/h4,6-7,9-10H,1,5,8,11-13H2,2-3H3,(H2,18,19,20). The zero-order valence-electron chi connectivity index (χ0n) is 13.5. The summed E-state index contributed by atoms with van der Waals surface area (Å²) < 4.78 is 2.26. The molecule has 1 heterocycles. The van der Waals surface area contributed by atoms with Crippen molar-refractivity contribution in [1.82, 2.24) is 20.2 Å². The molecule has 0 saturated heterocycles. The lowest BCUT2D eigenvalue weighted by Gasteiger charge is -2.10. The number of benzene rings is 1. The van der Waals surface area contributed by atoms with Gasteiger partial charge in [0.15, 0.2) is 5.96 Å². The Kier molecular flexibility index (Phi) is 6.01. The zero-order chi connectivity index (χ0) is 15.8. The van der Waals surface area contributed by atoms with Gasteiger partial charge in [-0.15, -0.1) is 6.58 Å². The maximum atomic E-state index is 4.59. The summed E-state index contributed by atoms with van der Waals surface area (Å²) in [5.41, 5.74) is 2.25. The lowest BCUT2D eigenvalue weighted by molar-refractivity contribution is 0.646. The number of rotatable bonds is 7. The first kappa shape index (κ1) is 16.1. The van der Waals surface area contributed by atoms with Gasteiger partial charge in [-0.05, 0) is 32.4 Å². The molecule has 5 heteroatoms. The van der Waals surface area contributed by atoms with Crippen LogP contribution in [0.1, 0.15) is 19.2 Å². The molecule has 0 spiro atoms. The molecule has 1 aromatic carbocycles. The molecular formula is C17H25N5. The largest absolute Gasteiger partial charge is 0.357 e. The topological polar surface area (TPSA) is 54.2 Å². The van der Waals surface area contributed by atoms with Crippen molar-refractivity contribution in [2.24, 2.45) is 4.99 Å². The molecule has 1 aromatic heterocycles. The van der Waals surface area contributed by atoms with Crippen LogP contribution in [0.15, 0.2) is 41.9 Å². The van der Waals surface area contributed by atoms with Crippen LogP contribution in [-0.2, 0) is 6.54 Å². The van der Waals surface area contributed by atoms with Crippen LogP contribution < -0.4 is 10.6 Å². The molecule has 2 aromatic rings. The number of fused-ring (bicyclic) bond motifs is 1. The number of aryl methyl sites for hydroxylation is 2. The smallest absolute Gasteiger partial charge is 0.191 e. The van der Waals surface area contributed by atoms with E-state index < -0.39 is 0 Å². The van der Waals surface area contributed by atoms with Gasteiger partial charge in [-0.2, -0.15) is 0 Å². The number of aliphatic imine (C=N–C) groups is 1. The number of nitrogens with one attached hydrogen (secondary N) is 2. The summed E-state index contributed by atoms with van der Waals surface area (Å²) >= 11 is 0. The van der Waals surface area contributed by atoms with E-state index in [-0.39, 0.29) is 0 Å². The Morgan fingerprint density at radius 1 is 1.36 bits per heavy atom. The molecule has 0 radical (unpaired) electrons.